The van der Waals surface area contributed by atoms with Crippen molar-refractivity contribution in [3.05, 3.63) is 82.0 Å². The van der Waals surface area contributed by atoms with Crippen molar-refractivity contribution in [3.63, 3.8) is 0 Å². The van der Waals surface area contributed by atoms with E-state index in [4.69, 9.17) is 27.9 Å². The van der Waals surface area contributed by atoms with E-state index < -0.39 is 11.3 Å². The first-order chi connectivity index (χ1) is 15.9. The Morgan fingerprint density at radius 3 is 2.39 bits per heavy atom. The molecular weight excluding hydrogens is 461 g/mol. The van der Waals surface area contributed by atoms with Gasteiger partial charge >= 0.3 is 0 Å². The predicted molar refractivity (Wildman–Crippen MR) is 130 cm³/mol. The average molecular weight is 484 g/mol. The SMILES string of the molecule is COc1cc(NC(=O)C2(c3ccc(Cl)cc3)CCCC2)ccc1C(=O)Nc1ncccc1Cl. The Kier molecular flexibility index (Phi) is 6.86. The first kappa shape index (κ1) is 23.1. The molecule has 0 radical (unpaired) electrons. The topological polar surface area (TPSA) is 80.3 Å². The van der Waals surface area contributed by atoms with E-state index >= 15 is 0 Å². The van der Waals surface area contributed by atoms with Crippen LogP contribution in [0.3, 0.4) is 0 Å². The number of rotatable bonds is 6. The van der Waals surface area contributed by atoms with Crippen LogP contribution >= 0.6 is 23.2 Å². The molecule has 170 valence electrons. The quantitative estimate of drug-likeness (QED) is 0.443. The number of hydrogen-bond acceptors (Lipinski definition) is 4. The normalized spacial score (nSPS) is 14.5. The molecule has 33 heavy (non-hydrogen) atoms. The lowest BCUT2D eigenvalue weighted by Crippen LogP contribution is -2.38. The minimum Gasteiger partial charge on any atom is -0.496 e. The fourth-order valence-corrected chi connectivity index (χ4v) is 4.55. The van der Waals surface area contributed by atoms with Crippen LogP contribution in [-0.4, -0.2) is 23.9 Å². The third kappa shape index (κ3) is 4.82. The number of nitrogens with one attached hydrogen (secondary N) is 2. The molecule has 0 unspecified atom stereocenters. The van der Waals surface area contributed by atoms with Crippen molar-refractivity contribution < 1.29 is 14.3 Å². The zero-order chi connectivity index (χ0) is 23.4. The zero-order valence-electron chi connectivity index (χ0n) is 18.0. The summed E-state index contributed by atoms with van der Waals surface area (Å²) in [5, 5.41) is 6.67. The van der Waals surface area contributed by atoms with Crippen LogP contribution in [0.5, 0.6) is 5.75 Å². The number of benzene rings is 2. The van der Waals surface area contributed by atoms with Gasteiger partial charge in [0.1, 0.15) is 5.75 Å². The van der Waals surface area contributed by atoms with Gasteiger partial charge in [0.15, 0.2) is 5.82 Å². The van der Waals surface area contributed by atoms with Crippen LogP contribution in [0.2, 0.25) is 10.0 Å². The molecule has 0 saturated heterocycles. The number of methoxy groups -OCH3 is 1. The number of amides is 2. The maximum atomic E-state index is 13.4. The number of pyridine rings is 1. The molecule has 2 amide bonds. The molecule has 1 heterocycles. The van der Waals surface area contributed by atoms with Crippen LogP contribution in [0.1, 0.15) is 41.6 Å². The van der Waals surface area contributed by atoms with E-state index in [2.05, 4.69) is 15.6 Å². The standard InChI is InChI=1S/C25H23Cl2N3O3/c1-33-21-15-18(10-11-19(21)23(31)30-22-20(27)5-4-14-28-22)29-24(32)25(12-2-3-13-25)16-6-8-17(26)9-7-16/h4-11,14-15H,2-3,12-13H2,1H3,(H,29,32)(H,28,30,31). The van der Waals surface area contributed by atoms with Crippen LogP contribution in [0.25, 0.3) is 0 Å². The minimum absolute atomic E-state index is 0.0816. The second-order valence-corrected chi connectivity index (χ2v) is 8.80. The molecule has 1 fully saturated rings. The largest absolute Gasteiger partial charge is 0.496 e. The number of carbonyl (C=O) groups excluding carboxylic acids is 2. The van der Waals surface area contributed by atoms with Gasteiger partial charge in [0, 0.05) is 23.0 Å². The predicted octanol–water partition coefficient (Wildman–Crippen LogP) is 6.10. The fourth-order valence-electron chi connectivity index (χ4n) is 4.25. The number of anilines is 2. The number of ether oxygens (including phenoxy) is 1. The lowest BCUT2D eigenvalue weighted by Gasteiger charge is -2.28. The number of carbonyl (C=O) groups is 2. The zero-order valence-corrected chi connectivity index (χ0v) is 19.5. The molecule has 0 atom stereocenters. The van der Waals surface area contributed by atoms with Crippen molar-refractivity contribution in [2.24, 2.45) is 0 Å². The van der Waals surface area contributed by atoms with E-state index in [-0.39, 0.29) is 11.7 Å². The summed E-state index contributed by atoms with van der Waals surface area (Å²) in [7, 11) is 1.47. The Labute approximate surface area is 202 Å². The molecule has 6 nitrogen and oxygen atoms in total. The van der Waals surface area contributed by atoms with E-state index in [1.54, 1.807) is 30.3 Å². The van der Waals surface area contributed by atoms with Gasteiger partial charge in [-0.05, 0) is 54.8 Å². The highest BCUT2D eigenvalue weighted by Crippen LogP contribution is 2.42. The number of nitrogens with zero attached hydrogens (tertiary/aromatic N) is 1. The third-order valence-electron chi connectivity index (χ3n) is 5.98. The van der Waals surface area contributed by atoms with Gasteiger partial charge in [0.05, 0.1) is 23.1 Å². The highest BCUT2D eigenvalue weighted by molar-refractivity contribution is 6.33. The average Bonchev–Trinajstić information content (AvgIpc) is 3.32. The van der Waals surface area contributed by atoms with E-state index in [0.29, 0.717) is 27.0 Å². The molecule has 0 spiro atoms. The molecule has 2 aromatic carbocycles. The molecule has 1 saturated carbocycles. The van der Waals surface area contributed by atoms with Crippen LogP contribution < -0.4 is 15.4 Å². The van der Waals surface area contributed by atoms with Crippen molar-refractivity contribution in [3.8, 4) is 5.75 Å². The summed E-state index contributed by atoms with van der Waals surface area (Å²) in [4.78, 5) is 30.3. The van der Waals surface area contributed by atoms with E-state index in [1.807, 2.05) is 24.3 Å². The van der Waals surface area contributed by atoms with Crippen molar-refractivity contribution >= 4 is 46.5 Å². The first-order valence-corrected chi connectivity index (χ1v) is 11.4. The van der Waals surface area contributed by atoms with Crippen molar-refractivity contribution in [1.29, 1.82) is 0 Å². The van der Waals surface area contributed by atoms with E-state index in [9.17, 15) is 9.59 Å². The van der Waals surface area contributed by atoms with Crippen LogP contribution in [-0.2, 0) is 10.2 Å². The van der Waals surface area contributed by atoms with Gasteiger partial charge in [-0.1, -0.05) is 48.2 Å². The lowest BCUT2D eigenvalue weighted by molar-refractivity contribution is -0.121. The fraction of sp³-hybridized carbons (Fsp3) is 0.240. The Hall–Kier alpha value is -3.09. The second-order valence-electron chi connectivity index (χ2n) is 7.95. The van der Waals surface area contributed by atoms with Crippen molar-refractivity contribution in [2.75, 3.05) is 17.7 Å². The molecule has 1 aromatic heterocycles. The maximum absolute atomic E-state index is 13.4. The van der Waals surface area contributed by atoms with Crippen LogP contribution in [0.15, 0.2) is 60.8 Å². The smallest absolute Gasteiger partial charge is 0.260 e. The highest BCUT2D eigenvalue weighted by atomic mass is 35.5. The van der Waals surface area contributed by atoms with Crippen molar-refractivity contribution in [1.82, 2.24) is 4.98 Å². The first-order valence-electron chi connectivity index (χ1n) is 10.6. The molecule has 1 aliphatic carbocycles. The Morgan fingerprint density at radius 2 is 1.73 bits per heavy atom. The number of hydrogen-bond donors (Lipinski definition) is 2. The monoisotopic (exact) mass is 483 g/mol. The molecule has 0 bridgehead atoms. The second kappa shape index (κ2) is 9.81. The number of halogens is 2. The molecular formula is C25H23Cl2N3O3. The van der Waals surface area contributed by atoms with Crippen LogP contribution in [0.4, 0.5) is 11.5 Å². The Morgan fingerprint density at radius 1 is 1.00 bits per heavy atom. The summed E-state index contributed by atoms with van der Waals surface area (Å²) < 4.78 is 5.42. The molecule has 3 aromatic rings. The Balaban J connectivity index is 1.56. The number of aromatic nitrogens is 1. The summed E-state index contributed by atoms with van der Waals surface area (Å²) in [6.07, 6.45) is 5.03. The summed E-state index contributed by atoms with van der Waals surface area (Å²) in [6.45, 7) is 0. The Bertz CT molecular complexity index is 1180. The van der Waals surface area contributed by atoms with Gasteiger partial charge in [-0.2, -0.15) is 0 Å². The molecule has 1 aliphatic rings. The van der Waals surface area contributed by atoms with Gasteiger partial charge in [-0.3, -0.25) is 9.59 Å². The molecule has 4 rings (SSSR count). The van der Waals surface area contributed by atoms with Gasteiger partial charge in [-0.15, -0.1) is 0 Å². The lowest BCUT2D eigenvalue weighted by atomic mass is 9.78. The van der Waals surface area contributed by atoms with Crippen molar-refractivity contribution in [2.45, 2.75) is 31.1 Å². The highest BCUT2D eigenvalue weighted by Gasteiger charge is 2.42. The summed E-state index contributed by atoms with van der Waals surface area (Å²) in [6, 6.07) is 15.7. The molecule has 0 aliphatic heterocycles. The van der Waals surface area contributed by atoms with Crippen LogP contribution in [0, 0.1) is 0 Å². The van der Waals surface area contributed by atoms with E-state index in [0.717, 1.165) is 31.2 Å². The summed E-state index contributed by atoms with van der Waals surface area (Å²) in [5.74, 6) is 0.0830. The summed E-state index contributed by atoms with van der Waals surface area (Å²) in [5.41, 5.74) is 1.19. The molecule has 8 heteroatoms. The minimum atomic E-state index is -0.608. The molecule has 2 N–H and O–H groups in total. The van der Waals surface area contributed by atoms with Gasteiger partial charge in [0.2, 0.25) is 5.91 Å². The van der Waals surface area contributed by atoms with Gasteiger partial charge < -0.3 is 15.4 Å². The summed E-state index contributed by atoms with van der Waals surface area (Å²) >= 11 is 12.1. The maximum Gasteiger partial charge on any atom is 0.260 e. The third-order valence-corrected chi connectivity index (χ3v) is 6.54. The van der Waals surface area contributed by atoms with Gasteiger partial charge in [0.25, 0.3) is 5.91 Å². The van der Waals surface area contributed by atoms with Gasteiger partial charge in [-0.25, -0.2) is 4.98 Å². The van der Waals surface area contributed by atoms with E-state index in [1.165, 1.54) is 13.3 Å².